The van der Waals surface area contributed by atoms with Gasteiger partial charge in [-0.25, -0.2) is 0 Å². The SMILES string of the molecule is CN[C@@H]1CCN(C)C[C@H]1C. The maximum Gasteiger partial charge on any atom is 0.0114 e. The van der Waals surface area contributed by atoms with Crippen LogP contribution in [0.15, 0.2) is 0 Å². The van der Waals surface area contributed by atoms with Gasteiger partial charge in [0.25, 0.3) is 0 Å². The van der Waals surface area contributed by atoms with E-state index in [4.69, 9.17) is 0 Å². The molecular weight excluding hydrogens is 124 g/mol. The fraction of sp³-hybridized carbons (Fsp3) is 1.00. The molecule has 0 bridgehead atoms. The molecule has 0 aliphatic carbocycles. The maximum atomic E-state index is 3.35. The van der Waals surface area contributed by atoms with Gasteiger partial charge in [-0.2, -0.15) is 0 Å². The maximum absolute atomic E-state index is 3.35. The molecule has 0 aromatic heterocycles. The smallest absolute Gasteiger partial charge is 0.0114 e. The normalized spacial score (nSPS) is 36.3. The summed E-state index contributed by atoms with van der Waals surface area (Å²) in [5, 5.41) is 3.35. The molecule has 60 valence electrons. The Morgan fingerprint density at radius 2 is 2.20 bits per heavy atom. The van der Waals surface area contributed by atoms with Crippen molar-refractivity contribution < 1.29 is 0 Å². The highest BCUT2D eigenvalue weighted by molar-refractivity contribution is 4.79. The Balaban J connectivity index is 2.36. The first kappa shape index (κ1) is 8.02. The third kappa shape index (κ3) is 1.70. The second-order valence-electron chi connectivity index (χ2n) is 3.42. The number of piperidine rings is 1. The van der Waals surface area contributed by atoms with Crippen LogP contribution in [0.25, 0.3) is 0 Å². The van der Waals surface area contributed by atoms with Crippen molar-refractivity contribution >= 4 is 0 Å². The second kappa shape index (κ2) is 3.35. The highest BCUT2D eigenvalue weighted by Crippen LogP contribution is 2.14. The van der Waals surface area contributed by atoms with Gasteiger partial charge in [-0.05, 0) is 33.0 Å². The number of rotatable bonds is 1. The Labute approximate surface area is 63.6 Å². The Kier molecular flexibility index (Phi) is 2.69. The second-order valence-corrected chi connectivity index (χ2v) is 3.42. The summed E-state index contributed by atoms with van der Waals surface area (Å²) in [4.78, 5) is 2.40. The molecule has 2 nitrogen and oxygen atoms in total. The van der Waals surface area contributed by atoms with Gasteiger partial charge >= 0.3 is 0 Å². The fourth-order valence-corrected chi connectivity index (χ4v) is 1.78. The van der Waals surface area contributed by atoms with Gasteiger partial charge in [0, 0.05) is 12.6 Å². The van der Waals surface area contributed by atoms with Crippen LogP contribution in [-0.4, -0.2) is 38.1 Å². The molecule has 1 heterocycles. The van der Waals surface area contributed by atoms with E-state index in [9.17, 15) is 0 Å². The summed E-state index contributed by atoms with van der Waals surface area (Å²) >= 11 is 0. The van der Waals surface area contributed by atoms with E-state index in [-0.39, 0.29) is 0 Å². The first-order chi connectivity index (χ1) is 4.74. The zero-order chi connectivity index (χ0) is 7.56. The molecule has 0 saturated carbocycles. The molecule has 1 aliphatic heterocycles. The number of hydrogen-bond acceptors (Lipinski definition) is 2. The van der Waals surface area contributed by atoms with Crippen molar-refractivity contribution in [1.82, 2.24) is 10.2 Å². The van der Waals surface area contributed by atoms with E-state index in [1.807, 2.05) is 0 Å². The third-order valence-corrected chi connectivity index (χ3v) is 2.48. The van der Waals surface area contributed by atoms with Gasteiger partial charge in [-0.1, -0.05) is 6.92 Å². The van der Waals surface area contributed by atoms with Crippen LogP contribution in [0.3, 0.4) is 0 Å². The lowest BCUT2D eigenvalue weighted by atomic mass is 9.95. The predicted molar refractivity (Wildman–Crippen MR) is 44.1 cm³/mol. The predicted octanol–water partition coefficient (Wildman–Crippen LogP) is 0.546. The van der Waals surface area contributed by atoms with Crippen LogP contribution in [0.1, 0.15) is 13.3 Å². The van der Waals surface area contributed by atoms with E-state index < -0.39 is 0 Å². The molecule has 0 radical (unpaired) electrons. The fourth-order valence-electron chi connectivity index (χ4n) is 1.78. The molecule has 0 aromatic rings. The van der Waals surface area contributed by atoms with Gasteiger partial charge in [0.1, 0.15) is 0 Å². The standard InChI is InChI=1S/C8H18N2/c1-7-6-10(3)5-4-8(7)9-2/h7-9H,4-6H2,1-3H3/t7-,8-/m1/s1. The minimum atomic E-state index is 0.746. The van der Waals surface area contributed by atoms with Crippen LogP contribution >= 0.6 is 0 Å². The number of likely N-dealkylation sites (tertiary alicyclic amines) is 1. The summed E-state index contributed by atoms with van der Waals surface area (Å²) < 4.78 is 0. The van der Waals surface area contributed by atoms with Crippen molar-refractivity contribution in [3.8, 4) is 0 Å². The lowest BCUT2D eigenvalue weighted by Gasteiger charge is -2.34. The van der Waals surface area contributed by atoms with Gasteiger partial charge in [0.15, 0.2) is 0 Å². The van der Waals surface area contributed by atoms with Crippen LogP contribution in [0.4, 0.5) is 0 Å². The van der Waals surface area contributed by atoms with Gasteiger partial charge in [0.2, 0.25) is 0 Å². The number of nitrogens with one attached hydrogen (secondary N) is 1. The first-order valence-electron chi connectivity index (χ1n) is 4.10. The number of hydrogen-bond donors (Lipinski definition) is 1. The first-order valence-corrected chi connectivity index (χ1v) is 4.10. The summed E-state index contributed by atoms with van der Waals surface area (Å²) in [7, 11) is 4.26. The molecule has 0 unspecified atom stereocenters. The average molecular weight is 142 g/mol. The lowest BCUT2D eigenvalue weighted by Crippen LogP contribution is -2.45. The molecule has 1 N–H and O–H groups in total. The van der Waals surface area contributed by atoms with Crippen molar-refractivity contribution in [2.75, 3.05) is 27.2 Å². The summed E-state index contributed by atoms with van der Waals surface area (Å²) in [5.74, 6) is 0.809. The van der Waals surface area contributed by atoms with Crippen molar-refractivity contribution in [2.24, 2.45) is 5.92 Å². The van der Waals surface area contributed by atoms with Crippen molar-refractivity contribution in [1.29, 1.82) is 0 Å². The summed E-state index contributed by atoms with van der Waals surface area (Å²) in [6.45, 7) is 4.80. The largest absolute Gasteiger partial charge is 0.317 e. The number of nitrogens with zero attached hydrogens (tertiary/aromatic N) is 1. The van der Waals surface area contributed by atoms with E-state index in [0.29, 0.717) is 0 Å². The topological polar surface area (TPSA) is 15.3 Å². The van der Waals surface area contributed by atoms with Crippen LogP contribution in [0, 0.1) is 5.92 Å². The van der Waals surface area contributed by atoms with Gasteiger partial charge in [0.05, 0.1) is 0 Å². The third-order valence-electron chi connectivity index (χ3n) is 2.48. The highest BCUT2D eigenvalue weighted by Gasteiger charge is 2.21. The van der Waals surface area contributed by atoms with Crippen LogP contribution in [0.2, 0.25) is 0 Å². The van der Waals surface area contributed by atoms with Crippen LogP contribution in [-0.2, 0) is 0 Å². The molecule has 2 atom stereocenters. The van der Waals surface area contributed by atoms with Crippen molar-refractivity contribution in [2.45, 2.75) is 19.4 Å². The molecule has 0 spiro atoms. The molecule has 1 aliphatic rings. The minimum absolute atomic E-state index is 0.746. The van der Waals surface area contributed by atoms with E-state index in [1.54, 1.807) is 0 Å². The Bertz CT molecular complexity index is 103. The quantitative estimate of drug-likeness (QED) is 0.575. The van der Waals surface area contributed by atoms with E-state index >= 15 is 0 Å². The Morgan fingerprint density at radius 1 is 1.50 bits per heavy atom. The molecule has 1 rings (SSSR count). The van der Waals surface area contributed by atoms with E-state index in [2.05, 4.69) is 31.2 Å². The summed E-state index contributed by atoms with van der Waals surface area (Å²) in [5.41, 5.74) is 0. The molecule has 1 saturated heterocycles. The zero-order valence-corrected chi connectivity index (χ0v) is 7.22. The van der Waals surface area contributed by atoms with Crippen molar-refractivity contribution in [3.05, 3.63) is 0 Å². The molecular formula is C8H18N2. The summed E-state index contributed by atoms with van der Waals surface area (Å²) in [6, 6.07) is 0.746. The average Bonchev–Trinajstić information content (AvgIpc) is 1.88. The Morgan fingerprint density at radius 3 is 2.70 bits per heavy atom. The molecule has 0 amide bonds. The van der Waals surface area contributed by atoms with Crippen LogP contribution < -0.4 is 5.32 Å². The summed E-state index contributed by atoms with van der Waals surface area (Å²) in [6.07, 6.45) is 1.30. The minimum Gasteiger partial charge on any atom is -0.317 e. The van der Waals surface area contributed by atoms with Crippen LogP contribution in [0.5, 0.6) is 0 Å². The lowest BCUT2D eigenvalue weighted by molar-refractivity contribution is 0.180. The molecule has 0 aromatic carbocycles. The van der Waals surface area contributed by atoms with Gasteiger partial charge in [-0.3, -0.25) is 0 Å². The molecule has 10 heavy (non-hydrogen) atoms. The molecule has 1 fully saturated rings. The monoisotopic (exact) mass is 142 g/mol. The van der Waals surface area contributed by atoms with Gasteiger partial charge < -0.3 is 10.2 Å². The van der Waals surface area contributed by atoms with Crippen molar-refractivity contribution in [3.63, 3.8) is 0 Å². The Hall–Kier alpha value is -0.0800. The molecule has 2 heteroatoms. The van der Waals surface area contributed by atoms with E-state index in [0.717, 1.165) is 12.0 Å². The van der Waals surface area contributed by atoms with Gasteiger partial charge in [-0.15, -0.1) is 0 Å². The van der Waals surface area contributed by atoms with E-state index in [1.165, 1.54) is 19.5 Å². The zero-order valence-electron chi connectivity index (χ0n) is 7.22. The highest BCUT2D eigenvalue weighted by atomic mass is 15.1.